The molecule has 1 amide bonds. The molecule has 1 N–H and O–H groups in total. The molecule has 0 aliphatic heterocycles. The number of rotatable bonds is 5. The minimum Gasteiger partial charge on any atom is -0.494 e. The molecule has 16 heavy (non-hydrogen) atoms. The van der Waals surface area contributed by atoms with Crippen LogP contribution >= 0.6 is 0 Å². The first kappa shape index (κ1) is 11.0. The van der Waals surface area contributed by atoms with Crippen molar-refractivity contribution in [3.05, 3.63) is 24.3 Å². The summed E-state index contributed by atoms with van der Waals surface area (Å²) in [4.78, 5) is 11.5. The fraction of sp³-hybridized carbons (Fsp3) is 0.462. The van der Waals surface area contributed by atoms with Crippen molar-refractivity contribution in [1.29, 1.82) is 0 Å². The van der Waals surface area contributed by atoms with Crippen LogP contribution in [0.3, 0.4) is 0 Å². The van der Waals surface area contributed by atoms with Crippen LogP contribution in [0.1, 0.15) is 26.2 Å². The summed E-state index contributed by atoms with van der Waals surface area (Å²) in [5, 5.41) is 2.90. The zero-order valence-corrected chi connectivity index (χ0v) is 9.53. The molecule has 0 bridgehead atoms. The van der Waals surface area contributed by atoms with Crippen molar-refractivity contribution in [3.8, 4) is 5.75 Å². The van der Waals surface area contributed by atoms with Gasteiger partial charge in [0.2, 0.25) is 5.91 Å². The largest absolute Gasteiger partial charge is 0.494 e. The van der Waals surface area contributed by atoms with Gasteiger partial charge in [-0.1, -0.05) is 13.0 Å². The van der Waals surface area contributed by atoms with Crippen LogP contribution in [0, 0.1) is 5.92 Å². The Bertz CT molecular complexity index is 372. The molecule has 2 rings (SSSR count). The fourth-order valence-electron chi connectivity index (χ4n) is 1.47. The van der Waals surface area contributed by atoms with Gasteiger partial charge in [-0.25, -0.2) is 0 Å². The summed E-state index contributed by atoms with van der Waals surface area (Å²) in [5.41, 5.74) is 0.825. The molecule has 3 nitrogen and oxygen atoms in total. The maximum absolute atomic E-state index is 11.5. The molecule has 0 radical (unpaired) electrons. The van der Waals surface area contributed by atoms with E-state index in [1.807, 2.05) is 24.3 Å². The first-order chi connectivity index (χ1) is 7.79. The van der Waals surface area contributed by atoms with Crippen LogP contribution in [0.4, 0.5) is 5.69 Å². The molecule has 1 aromatic carbocycles. The normalized spacial score (nSPS) is 14.6. The predicted molar refractivity (Wildman–Crippen MR) is 63.6 cm³/mol. The van der Waals surface area contributed by atoms with Crippen molar-refractivity contribution in [3.63, 3.8) is 0 Å². The quantitative estimate of drug-likeness (QED) is 0.827. The maximum atomic E-state index is 11.5. The third-order valence-electron chi connectivity index (χ3n) is 2.52. The highest BCUT2D eigenvalue weighted by Crippen LogP contribution is 2.30. The molecule has 0 aromatic heterocycles. The lowest BCUT2D eigenvalue weighted by atomic mass is 10.3. The molecular formula is C13H17NO2. The molecule has 1 aromatic rings. The van der Waals surface area contributed by atoms with Gasteiger partial charge in [0.15, 0.2) is 0 Å². The molecule has 0 atom stereocenters. The second-order valence-electron chi connectivity index (χ2n) is 4.14. The highest BCUT2D eigenvalue weighted by Gasteiger charge is 2.29. The molecule has 1 fully saturated rings. The Kier molecular flexibility index (Phi) is 3.44. The standard InChI is InChI=1S/C13H17NO2/c1-2-8-16-12-5-3-4-11(9-12)14-13(15)10-6-7-10/h3-5,9-10H,2,6-8H2,1H3,(H,14,15). The van der Waals surface area contributed by atoms with Gasteiger partial charge in [0, 0.05) is 17.7 Å². The van der Waals surface area contributed by atoms with Gasteiger partial charge in [-0.2, -0.15) is 0 Å². The third kappa shape index (κ3) is 2.99. The second-order valence-corrected chi connectivity index (χ2v) is 4.14. The molecule has 3 heteroatoms. The minimum absolute atomic E-state index is 0.132. The summed E-state index contributed by atoms with van der Waals surface area (Å²) in [6.07, 6.45) is 3.04. The SMILES string of the molecule is CCCOc1cccc(NC(=O)C2CC2)c1. The van der Waals surface area contributed by atoms with Gasteiger partial charge in [0.1, 0.15) is 5.75 Å². The Labute approximate surface area is 95.8 Å². The van der Waals surface area contributed by atoms with Crippen LogP contribution in [0.15, 0.2) is 24.3 Å². The molecule has 86 valence electrons. The predicted octanol–water partition coefficient (Wildman–Crippen LogP) is 2.82. The Morgan fingerprint density at radius 2 is 2.31 bits per heavy atom. The second kappa shape index (κ2) is 5.01. The molecule has 0 unspecified atom stereocenters. The summed E-state index contributed by atoms with van der Waals surface area (Å²) >= 11 is 0. The number of carbonyl (C=O) groups excluding carboxylic acids is 1. The van der Waals surface area contributed by atoms with Gasteiger partial charge in [0.05, 0.1) is 6.61 Å². The van der Waals surface area contributed by atoms with Crippen molar-refractivity contribution in [2.45, 2.75) is 26.2 Å². The van der Waals surface area contributed by atoms with E-state index in [-0.39, 0.29) is 11.8 Å². The summed E-state index contributed by atoms with van der Waals surface area (Å²) in [6, 6.07) is 7.56. The molecule has 1 aliphatic carbocycles. The fourth-order valence-corrected chi connectivity index (χ4v) is 1.47. The Morgan fingerprint density at radius 1 is 1.50 bits per heavy atom. The first-order valence-electron chi connectivity index (χ1n) is 5.83. The van der Waals surface area contributed by atoms with E-state index in [2.05, 4.69) is 12.2 Å². The summed E-state index contributed by atoms with van der Waals surface area (Å²) in [6.45, 7) is 2.78. The van der Waals surface area contributed by atoms with Gasteiger partial charge in [-0.15, -0.1) is 0 Å². The van der Waals surface area contributed by atoms with Crippen LogP contribution in [-0.4, -0.2) is 12.5 Å². The number of carbonyl (C=O) groups is 1. The van der Waals surface area contributed by atoms with E-state index in [0.717, 1.165) is 30.7 Å². The number of nitrogens with one attached hydrogen (secondary N) is 1. The average Bonchev–Trinajstić information content (AvgIpc) is 3.10. The van der Waals surface area contributed by atoms with Crippen LogP contribution in [0.5, 0.6) is 5.75 Å². The summed E-state index contributed by atoms with van der Waals surface area (Å²) < 4.78 is 5.50. The van der Waals surface area contributed by atoms with Crippen molar-refractivity contribution >= 4 is 11.6 Å². The van der Waals surface area contributed by atoms with Crippen molar-refractivity contribution in [2.75, 3.05) is 11.9 Å². The molecule has 1 saturated carbocycles. The van der Waals surface area contributed by atoms with E-state index < -0.39 is 0 Å². The first-order valence-corrected chi connectivity index (χ1v) is 5.83. The van der Waals surface area contributed by atoms with Gasteiger partial charge >= 0.3 is 0 Å². The van der Waals surface area contributed by atoms with Gasteiger partial charge in [-0.3, -0.25) is 4.79 Å². The molecule has 0 saturated heterocycles. The lowest BCUT2D eigenvalue weighted by molar-refractivity contribution is -0.117. The minimum atomic E-state index is 0.132. The Balaban J connectivity index is 1.95. The van der Waals surface area contributed by atoms with E-state index in [1.54, 1.807) is 0 Å². The lowest BCUT2D eigenvalue weighted by Crippen LogP contribution is -2.13. The molecular weight excluding hydrogens is 202 g/mol. The Morgan fingerprint density at radius 3 is 3.00 bits per heavy atom. The average molecular weight is 219 g/mol. The van der Waals surface area contributed by atoms with Crippen LogP contribution in [0.2, 0.25) is 0 Å². The topological polar surface area (TPSA) is 38.3 Å². The zero-order valence-electron chi connectivity index (χ0n) is 9.53. The van der Waals surface area contributed by atoms with Crippen LogP contribution in [0.25, 0.3) is 0 Å². The maximum Gasteiger partial charge on any atom is 0.227 e. The molecule has 0 heterocycles. The third-order valence-corrected chi connectivity index (χ3v) is 2.52. The zero-order chi connectivity index (χ0) is 11.4. The van der Waals surface area contributed by atoms with E-state index in [1.165, 1.54) is 0 Å². The van der Waals surface area contributed by atoms with Gasteiger partial charge < -0.3 is 10.1 Å². The lowest BCUT2D eigenvalue weighted by Gasteiger charge is -2.08. The summed E-state index contributed by atoms with van der Waals surface area (Å²) in [5.74, 6) is 1.18. The van der Waals surface area contributed by atoms with Gasteiger partial charge in [0.25, 0.3) is 0 Å². The molecule has 1 aliphatic rings. The van der Waals surface area contributed by atoms with E-state index in [9.17, 15) is 4.79 Å². The van der Waals surface area contributed by atoms with E-state index >= 15 is 0 Å². The monoisotopic (exact) mass is 219 g/mol. The summed E-state index contributed by atoms with van der Waals surface area (Å²) in [7, 11) is 0. The van der Waals surface area contributed by atoms with Gasteiger partial charge in [-0.05, 0) is 31.4 Å². The van der Waals surface area contributed by atoms with E-state index in [0.29, 0.717) is 6.61 Å². The highest BCUT2D eigenvalue weighted by atomic mass is 16.5. The number of anilines is 1. The smallest absolute Gasteiger partial charge is 0.227 e. The molecule has 0 spiro atoms. The Hall–Kier alpha value is -1.51. The van der Waals surface area contributed by atoms with Crippen LogP contribution < -0.4 is 10.1 Å². The number of hydrogen-bond donors (Lipinski definition) is 1. The highest BCUT2D eigenvalue weighted by molar-refractivity contribution is 5.94. The number of benzene rings is 1. The van der Waals surface area contributed by atoms with E-state index in [4.69, 9.17) is 4.74 Å². The van der Waals surface area contributed by atoms with Crippen molar-refractivity contribution in [1.82, 2.24) is 0 Å². The number of ether oxygens (including phenoxy) is 1. The number of amides is 1. The van der Waals surface area contributed by atoms with Crippen molar-refractivity contribution < 1.29 is 9.53 Å². The van der Waals surface area contributed by atoms with Crippen molar-refractivity contribution in [2.24, 2.45) is 5.92 Å². The van der Waals surface area contributed by atoms with Crippen LogP contribution in [-0.2, 0) is 4.79 Å². The number of hydrogen-bond acceptors (Lipinski definition) is 2.